The number of carbonyl (C=O) groups is 2. The van der Waals surface area contributed by atoms with Crippen LogP contribution in [0, 0.1) is 5.92 Å². The van der Waals surface area contributed by atoms with Gasteiger partial charge in [0, 0.05) is 17.7 Å². The lowest BCUT2D eigenvalue weighted by molar-refractivity contribution is -0.274. The smallest absolute Gasteiger partial charge is 0.486 e. The summed E-state index contributed by atoms with van der Waals surface area (Å²) in [4.78, 5) is 23.4. The first-order valence-electron chi connectivity index (χ1n) is 12.0. The van der Waals surface area contributed by atoms with E-state index in [0.29, 0.717) is 19.9 Å². The van der Waals surface area contributed by atoms with Gasteiger partial charge in [-0.25, -0.2) is 13.2 Å². The number of sulfonamides is 1. The number of Topliss-reactive ketones (excluding diaryl/α,β-unsaturated/α-hetero) is 1. The van der Waals surface area contributed by atoms with Crippen molar-refractivity contribution in [1.82, 2.24) is 0 Å². The standard InChI is InChI=1S/C25H26F6N2O7S/c1-14(15(2)34)10-18-13-33(41(36,37)19-7-5-6-17(12-19)39-25(29,30)31)20-11-16(8-9-21(20)38-18)32-22(35)40-23(3,4)24(26,27)28/h5-9,11-12,14,18H,10,13H2,1-4H3,(H,32,35). The molecule has 0 radical (unpaired) electrons. The van der Waals surface area contributed by atoms with Crippen LogP contribution in [0.25, 0.3) is 0 Å². The second-order valence-electron chi connectivity index (χ2n) is 9.75. The molecule has 0 fully saturated rings. The molecular formula is C25H26F6N2O7S. The van der Waals surface area contributed by atoms with Crippen molar-refractivity contribution in [3.05, 3.63) is 42.5 Å². The number of nitrogens with zero attached hydrogens (tertiary/aromatic N) is 1. The van der Waals surface area contributed by atoms with E-state index in [2.05, 4.69) is 14.8 Å². The lowest BCUT2D eigenvalue weighted by Gasteiger charge is -2.36. The molecule has 1 aliphatic rings. The van der Waals surface area contributed by atoms with Gasteiger partial charge >= 0.3 is 18.6 Å². The average molecular weight is 613 g/mol. The number of hydrogen-bond acceptors (Lipinski definition) is 7. The van der Waals surface area contributed by atoms with Gasteiger partial charge < -0.3 is 14.2 Å². The molecule has 0 saturated carbocycles. The summed E-state index contributed by atoms with van der Waals surface area (Å²) in [6, 6.07) is 7.23. The van der Waals surface area contributed by atoms with Crippen LogP contribution in [0.5, 0.6) is 11.5 Å². The Morgan fingerprint density at radius 3 is 2.34 bits per heavy atom. The summed E-state index contributed by atoms with van der Waals surface area (Å²) in [5, 5.41) is 2.10. The number of carbonyl (C=O) groups excluding carboxylic acids is 2. The zero-order valence-electron chi connectivity index (χ0n) is 22.1. The highest BCUT2D eigenvalue weighted by Crippen LogP contribution is 2.41. The van der Waals surface area contributed by atoms with E-state index in [1.54, 1.807) is 6.92 Å². The Morgan fingerprint density at radius 1 is 1.10 bits per heavy atom. The van der Waals surface area contributed by atoms with E-state index in [4.69, 9.17) is 4.74 Å². The molecule has 41 heavy (non-hydrogen) atoms. The SMILES string of the molecule is CC(=O)C(C)CC1CN(S(=O)(=O)c2cccc(OC(F)(F)F)c2)c2cc(NC(=O)OC(C)(C)C(F)(F)F)ccc2O1. The van der Waals surface area contributed by atoms with E-state index in [9.17, 15) is 44.3 Å². The third kappa shape index (κ3) is 7.74. The third-order valence-corrected chi connectivity index (χ3v) is 7.88. The van der Waals surface area contributed by atoms with Gasteiger partial charge in [-0.3, -0.25) is 14.4 Å². The third-order valence-electron chi connectivity index (χ3n) is 6.11. The molecule has 226 valence electrons. The molecule has 16 heteroatoms. The molecule has 2 aromatic rings. The van der Waals surface area contributed by atoms with Gasteiger partial charge in [0.1, 0.15) is 23.4 Å². The van der Waals surface area contributed by atoms with Gasteiger partial charge in [-0.05, 0) is 57.5 Å². The Bertz CT molecular complexity index is 1410. The molecule has 1 heterocycles. The van der Waals surface area contributed by atoms with Gasteiger partial charge in [0.25, 0.3) is 10.0 Å². The van der Waals surface area contributed by atoms with Crippen molar-refractivity contribution in [2.45, 2.75) is 63.3 Å². The summed E-state index contributed by atoms with van der Waals surface area (Å²) < 4.78 is 120. The largest absolute Gasteiger partial charge is 0.573 e. The van der Waals surface area contributed by atoms with Crippen LogP contribution in [-0.4, -0.2) is 51.1 Å². The maximum atomic E-state index is 13.7. The molecule has 0 aromatic heterocycles. The van der Waals surface area contributed by atoms with E-state index in [-0.39, 0.29) is 35.9 Å². The van der Waals surface area contributed by atoms with Crippen molar-refractivity contribution in [1.29, 1.82) is 0 Å². The highest BCUT2D eigenvalue weighted by atomic mass is 32.2. The second kappa shape index (κ2) is 11.3. The van der Waals surface area contributed by atoms with E-state index in [0.717, 1.165) is 28.6 Å². The minimum absolute atomic E-state index is 0.0298. The molecule has 2 aromatic carbocycles. The predicted molar refractivity (Wildman–Crippen MR) is 133 cm³/mol. The lowest BCUT2D eigenvalue weighted by atomic mass is 9.99. The van der Waals surface area contributed by atoms with Crippen molar-refractivity contribution in [3.8, 4) is 11.5 Å². The van der Waals surface area contributed by atoms with Crippen molar-refractivity contribution in [2.24, 2.45) is 5.92 Å². The van der Waals surface area contributed by atoms with Crippen molar-refractivity contribution in [2.75, 3.05) is 16.2 Å². The van der Waals surface area contributed by atoms with Crippen LogP contribution in [0.15, 0.2) is 47.4 Å². The molecule has 1 amide bonds. The van der Waals surface area contributed by atoms with Crippen LogP contribution in [-0.2, 0) is 19.6 Å². The van der Waals surface area contributed by atoms with E-state index in [1.165, 1.54) is 19.1 Å². The second-order valence-corrected chi connectivity index (χ2v) is 11.6. The van der Waals surface area contributed by atoms with Crippen LogP contribution < -0.4 is 19.1 Å². The first-order chi connectivity index (χ1) is 18.7. The van der Waals surface area contributed by atoms with Crippen molar-refractivity contribution in [3.63, 3.8) is 0 Å². The lowest BCUT2D eigenvalue weighted by Crippen LogP contribution is -2.45. The number of halogens is 6. The number of ketones is 1. The van der Waals surface area contributed by atoms with Gasteiger partial charge in [-0.15, -0.1) is 13.2 Å². The minimum Gasteiger partial charge on any atom is -0.486 e. The number of alkyl halides is 6. The summed E-state index contributed by atoms with van der Waals surface area (Å²) in [6.07, 6.45) is -12.2. The monoisotopic (exact) mass is 612 g/mol. The zero-order valence-corrected chi connectivity index (χ0v) is 22.9. The van der Waals surface area contributed by atoms with E-state index < -0.39 is 56.9 Å². The van der Waals surface area contributed by atoms with Gasteiger partial charge in [0.15, 0.2) is 0 Å². The zero-order chi connectivity index (χ0) is 31.0. The number of benzene rings is 2. The van der Waals surface area contributed by atoms with E-state index in [1.807, 2.05) is 0 Å². The Balaban J connectivity index is 2.01. The summed E-state index contributed by atoms with van der Waals surface area (Å²) in [6.45, 7) is 3.85. The van der Waals surface area contributed by atoms with Crippen LogP contribution in [0.1, 0.15) is 34.1 Å². The first-order valence-corrected chi connectivity index (χ1v) is 13.4. The highest BCUT2D eigenvalue weighted by molar-refractivity contribution is 7.92. The number of nitrogens with one attached hydrogen (secondary N) is 1. The quantitative estimate of drug-likeness (QED) is 0.362. The van der Waals surface area contributed by atoms with Gasteiger partial charge in [0.05, 0.1) is 17.1 Å². The average Bonchev–Trinajstić information content (AvgIpc) is 2.81. The maximum absolute atomic E-state index is 13.7. The van der Waals surface area contributed by atoms with Crippen molar-refractivity contribution >= 4 is 33.3 Å². The Kier molecular flexibility index (Phi) is 8.77. The Morgan fingerprint density at radius 2 is 1.76 bits per heavy atom. The summed E-state index contributed by atoms with van der Waals surface area (Å²) in [7, 11) is -4.61. The highest BCUT2D eigenvalue weighted by Gasteiger charge is 2.51. The van der Waals surface area contributed by atoms with Gasteiger partial charge in [-0.2, -0.15) is 13.2 Å². The van der Waals surface area contributed by atoms with Crippen LogP contribution >= 0.6 is 0 Å². The van der Waals surface area contributed by atoms with Crippen molar-refractivity contribution < 1.29 is 58.6 Å². The summed E-state index contributed by atoms with van der Waals surface area (Å²) >= 11 is 0. The number of hydrogen-bond donors (Lipinski definition) is 1. The first kappa shape index (κ1) is 31.8. The molecule has 2 unspecified atom stereocenters. The molecule has 1 aliphatic heterocycles. The maximum Gasteiger partial charge on any atom is 0.573 e. The molecule has 0 aliphatic carbocycles. The minimum atomic E-state index is -5.09. The van der Waals surface area contributed by atoms with Crippen LogP contribution in [0.4, 0.5) is 42.5 Å². The predicted octanol–water partition coefficient (Wildman–Crippen LogP) is 6.05. The number of fused-ring (bicyclic) bond motifs is 1. The molecule has 3 rings (SSSR count). The number of ether oxygens (including phenoxy) is 3. The van der Waals surface area contributed by atoms with E-state index >= 15 is 0 Å². The molecule has 2 atom stereocenters. The topological polar surface area (TPSA) is 111 Å². The van der Waals surface area contributed by atoms with Crippen LogP contribution in [0.2, 0.25) is 0 Å². The fraction of sp³-hybridized carbons (Fsp3) is 0.440. The van der Waals surface area contributed by atoms with Gasteiger partial charge in [-0.1, -0.05) is 13.0 Å². The summed E-state index contributed by atoms with van der Waals surface area (Å²) in [5.41, 5.74) is -3.18. The molecule has 0 spiro atoms. The fourth-order valence-electron chi connectivity index (χ4n) is 3.69. The van der Waals surface area contributed by atoms with Crippen LogP contribution in [0.3, 0.4) is 0 Å². The number of amides is 1. The Hall–Kier alpha value is -3.69. The fourth-order valence-corrected chi connectivity index (χ4v) is 5.23. The molecular weight excluding hydrogens is 586 g/mol. The summed E-state index contributed by atoms with van der Waals surface area (Å²) in [5.74, 6) is -1.54. The molecule has 1 N–H and O–H groups in total. The normalized spacial score (nSPS) is 16.7. The molecule has 9 nitrogen and oxygen atoms in total. The molecule has 0 saturated heterocycles. The Labute approximate surface area is 231 Å². The number of anilines is 2. The van der Waals surface area contributed by atoms with Gasteiger partial charge in [0.2, 0.25) is 5.60 Å². The number of rotatable bonds is 8. The molecule has 0 bridgehead atoms.